The minimum absolute atomic E-state index is 0.0864. The van der Waals surface area contributed by atoms with Gasteiger partial charge in [0.25, 0.3) is 0 Å². The van der Waals surface area contributed by atoms with E-state index in [2.05, 4.69) is 5.32 Å². The summed E-state index contributed by atoms with van der Waals surface area (Å²) in [6.45, 7) is 0.807. The lowest BCUT2D eigenvalue weighted by molar-refractivity contribution is -0.268. The van der Waals surface area contributed by atoms with Gasteiger partial charge in [0.2, 0.25) is 5.91 Å². The van der Waals surface area contributed by atoms with Gasteiger partial charge in [0, 0.05) is 17.8 Å². The first-order valence-corrected chi connectivity index (χ1v) is 7.86. The summed E-state index contributed by atoms with van der Waals surface area (Å²) in [5.41, 5.74) is -2.68. The van der Waals surface area contributed by atoms with Crippen molar-refractivity contribution in [1.29, 1.82) is 0 Å². The summed E-state index contributed by atoms with van der Waals surface area (Å²) in [6, 6.07) is 0. The van der Waals surface area contributed by atoms with Crippen molar-refractivity contribution in [2.45, 2.75) is 63.1 Å². The van der Waals surface area contributed by atoms with E-state index in [1.54, 1.807) is 0 Å². The zero-order chi connectivity index (χ0) is 17.4. The first-order chi connectivity index (χ1) is 10.7. The minimum Gasteiger partial charge on any atom is -0.396 e. The van der Waals surface area contributed by atoms with Crippen molar-refractivity contribution in [2.75, 3.05) is 6.61 Å². The Labute approximate surface area is 134 Å². The molecular formula is C15H25NO7. The van der Waals surface area contributed by atoms with Crippen molar-refractivity contribution in [3.05, 3.63) is 0 Å². The number of hydrogen-bond donors (Lipinski definition) is 6. The fourth-order valence-corrected chi connectivity index (χ4v) is 4.02. The predicted octanol–water partition coefficient (Wildman–Crippen LogP) is -1.96. The van der Waals surface area contributed by atoms with E-state index in [1.165, 1.54) is 6.92 Å². The third-order valence-electron chi connectivity index (χ3n) is 5.63. The molecule has 0 heterocycles. The second-order valence-corrected chi connectivity index (χ2v) is 6.80. The Morgan fingerprint density at radius 1 is 1.22 bits per heavy atom. The third kappa shape index (κ3) is 2.78. The van der Waals surface area contributed by atoms with Crippen LogP contribution in [0, 0.1) is 11.3 Å². The number of amides is 1. The molecule has 132 valence electrons. The van der Waals surface area contributed by atoms with Crippen LogP contribution in [0.15, 0.2) is 0 Å². The summed E-state index contributed by atoms with van der Waals surface area (Å²) < 4.78 is 0. The normalized spacial score (nSPS) is 35.9. The SMILES string of the molecule is CC(=O)C1(CC(=O)NC2(C(O)O)C(O)[C@H](O)C2CO)CCCC1. The Hall–Kier alpha value is -1.06. The molecule has 2 aliphatic carbocycles. The number of aliphatic hydroxyl groups excluding tert-OH is 4. The van der Waals surface area contributed by atoms with Crippen molar-refractivity contribution in [3.63, 3.8) is 0 Å². The third-order valence-corrected chi connectivity index (χ3v) is 5.63. The molecule has 0 aromatic heterocycles. The Kier molecular flexibility index (Phi) is 5.12. The van der Waals surface area contributed by atoms with E-state index in [-0.39, 0.29) is 12.2 Å². The molecule has 8 heteroatoms. The maximum Gasteiger partial charge on any atom is 0.221 e. The number of carbonyl (C=O) groups is 2. The Balaban J connectivity index is 2.15. The van der Waals surface area contributed by atoms with E-state index in [0.29, 0.717) is 12.8 Å². The van der Waals surface area contributed by atoms with Gasteiger partial charge in [0.15, 0.2) is 6.29 Å². The van der Waals surface area contributed by atoms with Crippen LogP contribution in [0.5, 0.6) is 0 Å². The first kappa shape index (κ1) is 18.3. The molecule has 6 N–H and O–H groups in total. The van der Waals surface area contributed by atoms with Gasteiger partial charge in [-0.1, -0.05) is 12.8 Å². The van der Waals surface area contributed by atoms with Gasteiger partial charge in [-0.3, -0.25) is 9.59 Å². The lowest BCUT2D eigenvalue weighted by atomic mass is 9.61. The van der Waals surface area contributed by atoms with E-state index < -0.39 is 47.9 Å². The second kappa shape index (κ2) is 6.45. The number of aliphatic hydroxyl groups is 5. The molecule has 2 saturated carbocycles. The van der Waals surface area contributed by atoms with Crippen molar-refractivity contribution >= 4 is 11.7 Å². The molecule has 0 radical (unpaired) electrons. The van der Waals surface area contributed by atoms with Gasteiger partial charge < -0.3 is 30.8 Å². The van der Waals surface area contributed by atoms with Crippen LogP contribution < -0.4 is 5.32 Å². The van der Waals surface area contributed by atoms with Crippen LogP contribution in [0.2, 0.25) is 0 Å². The van der Waals surface area contributed by atoms with Crippen molar-refractivity contribution < 1.29 is 35.1 Å². The highest BCUT2D eigenvalue weighted by molar-refractivity contribution is 5.89. The van der Waals surface area contributed by atoms with E-state index in [9.17, 15) is 35.1 Å². The summed E-state index contributed by atoms with van der Waals surface area (Å²) in [5.74, 6) is -1.80. The Morgan fingerprint density at radius 2 is 1.78 bits per heavy atom. The summed E-state index contributed by atoms with van der Waals surface area (Å²) in [7, 11) is 0. The maximum absolute atomic E-state index is 12.4. The van der Waals surface area contributed by atoms with Gasteiger partial charge in [0.1, 0.15) is 17.4 Å². The molecule has 23 heavy (non-hydrogen) atoms. The number of carbonyl (C=O) groups excluding carboxylic acids is 2. The van der Waals surface area contributed by atoms with E-state index in [1.807, 2.05) is 0 Å². The molecule has 0 spiro atoms. The molecule has 0 aromatic carbocycles. The minimum atomic E-state index is -2.15. The summed E-state index contributed by atoms with van der Waals surface area (Å²) in [6.07, 6.45) is -2.35. The molecule has 8 nitrogen and oxygen atoms in total. The van der Waals surface area contributed by atoms with Gasteiger partial charge in [0.05, 0.1) is 12.7 Å². The van der Waals surface area contributed by atoms with Gasteiger partial charge in [-0.2, -0.15) is 0 Å². The summed E-state index contributed by atoms with van der Waals surface area (Å²) in [5, 5.41) is 50.4. The lowest BCUT2D eigenvalue weighted by Crippen LogP contribution is -2.82. The molecule has 0 aliphatic heterocycles. The topological polar surface area (TPSA) is 147 Å². The molecule has 2 aliphatic rings. The maximum atomic E-state index is 12.4. The summed E-state index contributed by atoms with van der Waals surface area (Å²) in [4.78, 5) is 24.3. The fraction of sp³-hybridized carbons (Fsp3) is 0.867. The van der Waals surface area contributed by atoms with Gasteiger partial charge in [-0.25, -0.2) is 0 Å². The Morgan fingerprint density at radius 3 is 2.22 bits per heavy atom. The predicted molar refractivity (Wildman–Crippen MR) is 77.9 cm³/mol. The van der Waals surface area contributed by atoms with E-state index in [0.717, 1.165) is 12.8 Å². The van der Waals surface area contributed by atoms with Crippen LogP contribution >= 0.6 is 0 Å². The zero-order valence-corrected chi connectivity index (χ0v) is 13.1. The van der Waals surface area contributed by atoms with Crippen molar-refractivity contribution in [3.8, 4) is 0 Å². The molecular weight excluding hydrogens is 306 g/mol. The molecule has 3 unspecified atom stereocenters. The molecule has 4 atom stereocenters. The lowest BCUT2D eigenvalue weighted by Gasteiger charge is -2.57. The number of hydrogen-bond acceptors (Lipinski definition) is 7. The molecule has 0 bridgehead atoms. The highest BCUT2D eigenvalue weighted by Crippen LogP contribution is 2.44. The Bertz CT molecular complexity index is 474. The van der Waals surface area contributed by atoms with Crippen molar-refractivity contribution in [1.82, 2.24) is 5.32 Å². The highest BCUT2D eigenvalue weighted by atomic mass is 16.5. The second-order valence-electron chi connectivity index (χ2n) is 6.80. The first-order valence-electron chi connectivity index (χ1n) is 7.86. The molecule has 0 aromatic rings. The number of Topliss-reactive ketones (excluding diaryl/α,β-unsaturated/α-hetero) is 1. The van der Waals surface area contributed by atoms with E-state index in [4.69, 9.17) is 0 Å². The van der Waals surface area contributed by atoms with Gasteiger partial charge in [-0.05, 0) is 19.8 Å². The number of nitrogens with one attached hydrogen (secondary N) is 1. The van der Waals surface area contributed by atoms with Crippen LogP contribution in [0.4, 0.5) is 0 Å². The molecule has 0 saturated heterocycles. The van der Waals surface area contributed by atoms with Crippen LogP contribution in [0.1, 0.15) is 39.0 Å². The smallest absolute Gasteiger partial charge is 0.221 e. The fourth-order valence-electron chi connectivity index (χ4n) is 4.02. The quantitative estimate of drug-likeness (QED) is 0.310. The van der Waals surface area contributed by atoms with Gasteiger partial charge >= 0.3 is 0 Å². The number of rotatable bonds is 6. The van der Waals surface area contributed by atoms with Crippen LogP contribution in [0.25, 0.3) is 0 Å². The molecule has 2 rings (SSSR count). The standard InChI is InChI=1S/C15H25NO7/c1-8(18)14(4-2-3-5-14)6-10(19)16-15(13(22)23)9(7-17)11(20)12(15)21/h9,11-13,17,20-23H,2-7H2,1H3,(H,16,19)/t9?,11-,12?,15?/m1/s1. The van der Waals surface area contributed by atoms with Crippen LogP contribution in [-0.2, 0) is 9.59 Å². The largest absolute Gasteiger partial charge is 0.396 e. The van der Waals surface area contributed by atoms with E-state index >= 15 is 0 Å². The molecule has 2 fully saturated rings. The van der Waals surface area contributed by atoms with Crippen LogP contribution in [-0.4, -0.2) is 67.9 Å². The average Bonchev–Trinajstić information content (AvgIpc) is 2.95. The number of ketones is 1. The highest BCUT2D eigenvalue weighted by Gasteiger charge is 2.66. The zero-order valence-electron chi connectivity index (χ0n) is 13.1. The summed E-state index contributed by atoms with van der Waals surface area (Å²) >= 11 is 0. The van der Waals surface area contributed by atoms with Crippen LogP contribution in [0.3, 0.4) is 0 Å². The average molecular weight is 331 g/mol. The molecule has 1 amide bonds. The van der Waals surface area contributed by atoms with Gasteiger partial charge in [-0.15, -0.1) is 0 Å². The van der Waals surface area contributed by atoms with Crippen molar-refractivity contribution in [2.24, 2.45) is 11.3 Å². The monoisotopic (exact) mass is 331 g/mol.